The maximum absolute atomic E-state index is 4.30. The van der Waals surface area contributed by atoms with Crippen molar-refractivity contribution < 1.29 is 0 Å². The maximum Gasteiger partial charge on any atom is 0.151 e. The Labute approximate surface area is 97.1 Å². The molecule has 1 saturated heterocycles. The molecule has 1 atom stereocenters. The van der Waals surface area contributed by atoms with Crippen LogP contribution in [0, 0.1) is 0 Å². The first-order chi connectivity index (χ1) is 7.81. The second kappa shape index (κ2) is 5.25. The van der Waals surface area contributed by atoms with Crippen LogP contribution >= 0.6 is 0 Å². The smallest absolute Gasteiger partial charge is 0.151 e. The normalized spacial score (nSPS) is 20.4. The van der Waals surface area contributed by atoms with Crippen LogP contribution in [-0.4, -0.2) is 29.3 Å². The predicted molar refractivity (Wildman–Crippen MR) is 65.5 cm³/mol. The molecule has 1 aliphatic heterocycles. The standard InChI is InChI=1S/C12H20N4/c1-3-13-9-11-6-7-12(15-14-11)16-8-4-5-10(16)2/h6-7,10,13H,3-5,8-9H2,1-2H3. The molecule has 0 radical (unpaired) electrons. The van der Waals surface area contributed by atoms with Gasteiger partial charge in [-0.2, -0.15) is 5.10 Å². The van der Waals surface area contributed by atoms with Gasteiger partial charge in [0, 0.05) is 19.1 Å². The fourth-order valence-corrected chi connectivity index (χ4v) is 2.13. The summed E-state index contributed by atoms with van der Waals surface area (Å²) in [6.07, 6.45) is 2.53. The van der Waals surface area contributed by atoms with Crippen LogP contribution in [0.15, 0.2) is 12.1 Å². The van der Waals surface area contributed by atoms with Crippen molar-refractivity contribution in [2.45, 2.75) is 39.3 Å². The minimum Gasteiger partial charge on any atom is -0.352 e. The van der Waals surface area contributed by atoms with E-state index in [9.17, 15) is 0 Å². The molecule has 0 amide bonds. The van der Waals surface area contributed by atoms with E-state index in [0.717, 1.165) is 31.1 Å². The van der Waals surface area contributed by atoms with Crippen molar-refractivity contribution in [3.05, 3.63) is 17.8 Å². The molecule has 0 saturated carbocycles. The zero-order valence-electron chi connectivity index (χ0n) is 10.1. The van der Waals surface area contributed by atoms with Gasteiger partial charge in [-0.1, -0.05) is 6.92 Å². The highest BCUT2D eigenvalue weighted by Crippen LogP contribution is 2.22. The van der Waals surface area contributed by atoms with Gasteiger partial charge in [-0.3, -0.25) is 0 Å². The van der Waals surface area contributed by atoms with E-state index in [0.29, 0.717) is 6.04 Å². The monoisotopic (exact) mass is 220 g/mol. The van der Waals surface area contributed by atoms with Gasteiger partial charge in [-0.15, -0.1) is 5.10 Å². The zero-order valence-corrected chi connectivity index (χ0v) is 10.1. The van der Waals surface area contributed by atoms with Crippen LogP contribution in [0.2, 0.25) is 0 Å². The molecule has 16 heavy (non-hydrogen) atoms. The fraction of sp³-hybridized carbons (Fsp3) is 0.667. The molecule has 1 N–H and O–H groups in total. The summed E-state index contributed by atoms with van der Waals surface area (Å²) < 4.78 is 0. The summed E-state index contributed by atoms with van der Waals surface area (Å²) in [7, 11) is 0. The average molecular weight is 220 g/mol. The second-order valence-corrected chi connectivity index (χ2v) is 4.35. The van der Waals surface area contributed by atoms with Crippen LogP contribution in [0.25, 0.3) is 0 Å². The predicted octanol–water partition coefficient (Wildman–Crippen LogP) is 1.57. The summed E-state index contributed by atoms with van der Waals surface area (Å²) in [5.41, 5.74) is 1.01. The average Bonchev–Trinajstić information content (AvgIpc) is 2.74. The van der Waals surface area contributed by atoms with E-state index < -0.39 is 0 Å². The van der Waals surface area contributed by atoms with Crippen LogP contribution in [0.5, 0.6) is 0 Å². The molecule has 1 aromatic rings. The quantitative estimate of drug-likeness (QED) is 0.836. The lowest BCUT2D eigenvalue weighted by Gasteiger charge is -2.21. The molecule has 1 unspecified atom stereocenters. The number of hydrogen-bond acceptors (Lipinski definition) is 4. The van der Waals surface area contributed by atoms with Crippen molar-refractivity contribution >= 4 is 5.82 Å². The molecule has 2 rings (SSSR count). The molecule has 0 bridgehead atoms. The molecule has 2 heterocycles. The van der Waals surface area contributed by atoms with E-state index in [1.165, 1.54) is 12.8 Å². The molecule has 0 spiro atoms. The molecule has 1 aliphatic rings. The van der Waals surface area contributed by atoms with E-state index in [2.05, 4.69) is 46.4 Å². The maximum atomic E-state index is 4.30. The molecule has 4 nitrogen and oxygen atoms in total. The van der Waals surface area contributed by atoms with Crippen LogP contribution in [-0.2, 0) is 6.54 Å². The molecular weight excluding hydrogens is 200 g/mol. The Hall–Kier alpha value is -1.16. The number of nitrogens with one attached hydrogen (secondary N) is 1. The Morgan fingerprint density at radius 2 is 2.31 bits per heavy atom. The second-order valence-electron chi connectivity index (χ2n) is 4.35. The number of aromatic nitrogens is 2. The Kier molecular flexibility index (Phi) is 3.72. The van der Waals surface area contributed by atoms with Gasteiger partial charge in [0.1, 0.15) is 0 Å². The molecule has 1 fully saturated rings. The number of nitrogens with zero attached hydrogens (tertiary/aromatic N) is 3. The SMILES string of the molecule is CCNCc1ccc(N2CCCC2C)nn1. The van der Waals surface area contributed by atoms with Crippen LogP contribution in [0.1, 0.15) is 32.4 Å². The first-order valence-corrected chi connectivity index (χ1v) is 6.11. The van der Waals surface area contributed by atoms with E-state index in [-0.39, 0.29) is 0 Å². The fourth-order valence-electron chi connectivity index (χ4n) is 2.13. The molecule has 88 valence electrons. The van der Waals surface area contributed by atoms with Gasteiger partial charge in [-0.25, -0.2) is 0 Å². The highest BCUT2D eigenvalue weighted by atomic mass is 15.3. The van der Waals surface area contributed by atoms with Gasteiger partial charge >= 0.3 is 0 Å². The highest BCUT2D eigenvalue weighted by Gasteiger charge is 2.21. The first kappa shape index (κ1) is 11.3. The number of rotatable bonds is 4. The Bertz CT molecular complexity index is 322. The van der Waals surface area contributed by atoms with Crippen molar-refractivity contribution in [2.24, 2.45) is 0 Å². The summed E-state index contributed by atoms with van der Waals surface area (Å²) in [5, 5.41) is 11.8. The molecule has 4 heteroatoms. The van der Waals surface area contributed by atoms with Crippen LogP contribution in [0.3, 0.4) is 0 Å². The van der Waals surface area contributed by atoms with Crippen molar-refractivity contribution in [3.8, 4) is 0 Å². The molecule has 0 aliphatic carbocycles. The lowest BCUT2D eigenvalue weighted by molar-refractivity contribution is 0.687. The third kappa shape index (κ3) is 2.50. The summed E-state index contributed by atoms with van der Waals surface area (Å²) in [6.45, 7) is 7.23. The largest absolute Gasteiger partial charge is 0.352 e. The Morgan fingerprint density at radius 1 is 1.44 bits per heavy atom. The van der Waals surface area contributed by atoms with E-state index in [1.54, 1.807) is 0 Å². The summed E-state index contributed by atoms with van der Waals surface area (Å²) >= 11 is 0. The minimum atomic E-state index is 0.605. The summed E-state index contributed by atoms with van der Waals surface area (Å²) in [5.74, 6) is 1.02. The van der Waals surface area contributed by atoms with E-state index in [1.807, 2.05) is 0 Å². The van der Waals surface area contributed by atoms with Crippen molar-refractivity contribution in [1.82, 2.24) is 15.5 Å². The summed E-state index contributed by atoms with van der Waals surface area (Å²) in [6, 6.07) is 4.76. The van der Waals surface area contributed by atoms with E-state index in [4.69, 9.17) is 0 Å². The summed E-state index contributed by atoms with van der Waals surface area (Å²) in [4.78, 5) is 2.34. The highest BCUT2D eigenvalue weighted by molar-refractivity contribution is 5.39. The van der Waals surface area contributed by atoms with Gasteiger partial charge in [0.15, 0.2) is 5.82 Å². The minimum absolute atomic E-state index is 0.605. The van der Waals surface area contributed by atoms with Crippen molar-refractivity contribution in [1.29, 1.82) is 0 Å². The van der Waals surface area contributed by atoms with Gasteiger partial charge in [0.2, 0.25) is 0 Å². The third-order valence-corrected chi connectivity index (χ3v) is 3.11. The topological polar surface area (TPSA) is 41.0 Å². The van der Waals surface area contributed by atoms with Gasteiger partial charge in [0.05, 0.1) is 5.69 Å². The van der Waals surface area contributed by atoms with Gasteiger partial charge < -0.3 is 10.2 Å². The Morgan fingerprint density at radius 3 is 2.88 bits per heavy atom. The van der Waals surface area contributed by atoms with Gasteiger partial charge in [-0.05, 0) is 38.4 Å². The number of anilines is 1. The molecular formula is C12H20N4. The molecule has 0 aromatic carbocycles. The van der Waals surface area contributed by atoms with Crippen molar-refractivity contribution in [3.63, 3.8) is 0 Å². The lowest BCUT2D eigenvalue weighted by atomic mass is 10.2. The number of hydrogen-bond donors (Lipinski definition) is 1. The zero-order chi connectivity index (χ0) is 11.4. The van der Waals surface area contributed by atoms with Crippen LogP contribution < -0.4 is 10.2 Å². The molecule has 1 aromatic heterocycles. The Balaban J connectivity index is 2.01. The van der Waals surface area contributed by atoms with Gasteiger partial charge in [0.25, 0.3) is 0 Å². The van der Waals surface area contributed by atoms with E-state index >= 15 is 0 Å². The van der Waals surface area contributed by atoms with Crippen molar-refractivity contribution in [2.75, 3.05) is 18.0 Å². The lowest BCUT2D eigenvalue weighted by Crippen LogP contribution is -2.27. The first-order valence-electron chi connectivity index (χ1n) is 6.11. The third-order valence-electron chi connectivity index (χ3n) is 3.11. The van der Waals surface area contributed by atoms with Crippen LogP contribution in [0.4, 0.5) is 5.82 Å².